The minimum absolute atomic E-state index is 0.00907. The Labute approximate surface area is 158 Å². The zero-order chi connectivity index (χ0) is 19.6. The number of hydrogen-bond donors (Lipinski definition) is 0. The van der Waals surface area contributed by atoms with Crippen LogP contribution < -0.4 is 0 Å². The van der Waals surface area contributed by atoms with Gasteiger partial charge in [0.1, 0.15) is 11.6 Å². The summed E-state index contributed by atoms with van der Waals surface area (Å²) in [5, 5.41) is 0. The Morgan fingerprint density at radius 1 is 1.33 bits per heavy atom. The first-order chi connectivity index (χ1) is 12.9. The first kappa shape index (κ1) is 19.1. The maximum absolute atomic E-state index is 13.2. The van der Waals surface area contributed by atoms with Crippen LogP contribution >= 0.6 is 0 Å². The standard InChI is InChI=1S/C20H24FN3O3/c1-13(2)17-11-23(20(26)19-14(3)27-12-22-19)9-8-18(25)24(17)10-15-4-6-16(21)7-5-15/h4-7,12-13,17H,8-11H2,1-3H3/t17-/m1/s1. The molecule has 0 N–H and O–H groups in total. The number of aryl methyl sites for hydroxylation is 1. The SMILES string of the molecule is Cc1ocnc1C(=O)N1CCC(=O)N(Cc2ccc(F)cc2)[C@@H](C(C)C)C1. The van der Waals surface area contributed by atoms with Crippen LogP contribution in [0.15, 0.2) is 35.1 Å². The fourth-order valence-corrected chi connectivity index (χ4v) is 3.38. The van der Waals surface area contributed by atoms with Gasteiger partial charge in [-0.3, -0.25) is 9.59 Å². The van der Waals surface area contributed by atoms with E-state index in [0.717, 1.165) is 5.56 Å². The van der Waals surface area contributed by atoms with Gasteiger partial charge in [0, 0.05) is 26.1 Å². The summed E-state index contributed by atoms with van der Waals surface area (Å²) in [5.41, 5.74) is 1.15. The van der Waals surface area contributed by atoms with Crippen LogP contribution in [-0.4, -0.2) is 45.7 Å². The fraction of sp³-hybridized carbons (Fsp3) is 0.450. The van der Waals surface area contributed by atoms with Gasteiger partial charge in [-0.25, -0.2) is 9.37 Å². The van der Waals surface area contributed by atoms with Crippen LogP contribution in [0.25, 0.3) is 0 Å². The predicted octanol–water partition coefficient (Wildman–Crippen LogP) is 3.02. The molecule has 7 heteroatoms. The molecule has 1 aliphatic heterocycles. The van der Waals surface area contributed by atoms with Crippen molar-refractivity contribution in [2.45, 2.75) is 39.8 Å². The van der Waals surface area contributed by atoms with Gasteiger partial charge in [-0.05, 0) is 30.5 Å². The average molecular weight is 373 g/mol. The number of amides is 2. The Hall–Kier alpha value is -2.70. The number of carbonyl (C=O) groups is 2. The third-order valence-electron chi connectivity index (χ3n) is 4.99. The number of benzene rings is 1. The van der Waals surface area contributed by atoms with Crippen molar-refractivity contribution in [3.8, 4) is 0 Å². The zero-order valence-electron chi connectivity index (χ0n) is 15.8. The van der Waals surface area contributed by atoms with Crippen LogP contribution in [0.4, 0.5) is 4.39 Å². The molecular weight excluding hydrogens is 349 g/mol. The Kier molecular flexibility index (Phi) is 5.58. The van der Waals surface area contributed by atoms with Crippen molar-refractivity contribution in [1.82, 2.24) is 14.8 Å². The lowest BCUT2D eigenvalue weighted by Crippen LogP contribution is -2.47. The topological polar surface area (TPSA) is 66.7 Å². The van der Waals surface area contributed by atoms with Gasteiger partial charge in [0.15, 0.2) is 12.1 Å². The maximum Gasteiger partial charge on any atom is 0.276 e. The van der Waals surface area contributed by atoms with Gasteiger partial charge in [0.2, 0.25) is 5.91 Å². The largest absolute Gasteiger partial charge is 0.448 e. The van der Waals surface area contributed by atoms with Crippen LogP contribution in [0.5, 0.6) is 0 Å². The lowest BCUT2D eigenvalue weighted by Gasteiger charge is -2.34. The van der Waals surface area contributed by atoms with Crippen LogP contribution in [0.3, 0.4) is 0 Å². The molecule has 0 aliphatic carbocycles. The van der Waals surface area contributed by atoms with E-state index < -0.39 is 0 Å². The van der Waals surface area contributed by atoms with Crippen LogP contribution in [0, 0.1) is 18.7 Å². The van der Waals surface area contributed by atoms with Gasteiger partial charge in [-0.2, -0.15) is 0 Å². The van der Waals surface area contributed by atoms with Crippen molar-refractivity contribution in [2.75, 3.05) is 13.1 Å². The van der Waals surface area contributed by atoms with Crippen molar-refractivity contribution in [2.24, 2.45) is 5.92 Å². The summed E-state index contributed by atoms with van der Waals surface area (Å²) in [6.45, 7) is 6.93. The molecule has 2 heterocycles. The highest BCUT2D eigenvalue weighted by Crippen LogP contribution is 2.22. The molecule has 1 aliphatic rings. The predicted molar refractivity (Wildman–Crippen MR) is 97.3 cm³/mol. The van der Waals surface area contributed by atoms with Crippen LogP contribution in [-0.2, 0) is 11.3 Å². The van der Waals surface area contributed by atoms with Crippen molar-refractivity contribution in [3.63, 3.8) is 0 Å². The van der Waals surface area contributed by atoms with Gasteiger partial charge in [0.25, 0.3) is 5.91 Å². The van der Waals surface area contributed by atoms with Crippen LogP contribution in [0.1, 0.15) is 42.1 Å². The molecule has 1 saturated heterocycles. The summed E-state index contributed by atoms with van der Waals surface area (Å²) in [7, 11) is 0. The Morgan fingerprint density at radius 2 is 2.04 bits per heavy atom. The van der Waals surface area contributed by atoms with Crippen molar-refractivity contribution >= 4 is 11.8 Å². The van der Waals surface area contributed by atoms with Gasteiger partial charge in [-0.15, -0.1) is 0 Å². The van der Waals surface area contributed by atoms with E-state index in [0.29, 0.717) is 25.4 Å². The van der Waals surface area contributed by atoms with E-state index in [-0.39, 0.29) is 41.7 Å². The second-order valence-corrected chi connectivity index (χ2v) is 7.22. The summed E-state index contributed by atoms with van der Waals surface area (Å²) in [5.74, 6) is 0.0932. The summed E-state index contributed by atoms with van der Waals surface area (Å²) in [4.78, 5) is 33.1. The molecule has 2 amide bonds. The molecule has 144 valence electrons. The van der Waals surface area contributed by atoms with E-state index in [4.69, 9.17) is 4.42 Å². The number of rotatable bonds is 4. The lowest BCUT2D eigenvalue weighted by atomic mass is 10.0. The Morgan fingerprint density at radius 3 is 2.63 bits per heavy atom. The van der Waals surface area contributed by atoms with Crippen LogP contribution in [0.2, 0.25) is 0 Å². The van der Waals surface area contributed by atoms with E-state index in [2.05, 4.69) is 4.98 Å². The lowest BCUT2D eigenvalue weighted by molar-refractivity contribution is -0.134. The van der Waals surface area contributed by atoms with E-state index in [1.165, 1.54) is 18.5 Å². The third-order valence-corrected chi connectivity index (χ3v) is 4.99. The Bertz CT molecular complexity index is 816. The molecule has 27 heavy (non-hydrogen) atoms. The van der Waals surface area contributed by atoms with Gasteiger partial charge < -0.3 is 14.2 Å². The molecule has 0 bridgehead atoms. The van der Waals surface area contributed by atoms with Crippen molar-refractivity contribution in [3.05, 3.63) is 53.5 Å². The monoisotopic (exact) mass is 373 g/mol. The molecule has 1 fully saturated rings. The molecule has 2 aromatic rings. The minimum atomic E-state index is -0.305. The molecule has 1 atom stereocenters. The molecule has 0 saturated carbocycles. The molecule has 1 aromatic heterocycles. The molecular formula is C20H24FN3O3. The maximum atomic E-state index is 13.2. The molecule has 0 spiro atoms. The van der Waals surface area contributed by atoms with Crippen molar-refractivity contribution in [1.29, 1.82) is 0 Å². The summed E-state index contributed by atoms with van der Waals surface area (Å²) >= 11 is 0. The van der Waals surface area contributed by atoms with E-state index in [1.807, 2.05) is 13.8 Å². The van der Waals surface area contributed by atoms with Gasteiger partial charge in [0.05, 0.1) is 6.04 Å². The quantitative estimate of drug-likeness (QED) is 0.826. The molecule has 0 radical (unpaired) electrons. The highest BCUT2D eigenvalue weighted by atomic mass is 19.1. The second kappa shape index (κ2) is 7.90. The molecule has 6 nitrogen and oxygen atoms in total. The normalized spacial score (nSPS) is 18.1. The van der Waals surface area contributed by atoms with Crippen molar-refractivity contribution < 1.29 is 18.4 Å². The summed E-state index contributed by atoms with van der Waals surface area (Å²) < 4.78 is 18.3. The summed E-state index contributed by atoms with van der Waals surface area (Å²) in [6, 6.07) is 6.02. The number of carbonyl (C=O) groups excluding carboxylic acids is 2. The third kappa shape index (κ3) is 4.18. The number of hydrogen-bond acceptors (Lipinski definition) is 4. The minimum Gasteiger partial charge on any atom is -0.448 e. The number of oxazole rings is 1. The number of nitrogens with zero attached hydrogens (tertiary/aromatic N) is 3. The number of aromatic nitrogens is 1. The molecule has 0 unspecified atom stereocenters. The molecule has 1 aromatic carbocycles. The second-order valence-electron chi connectivity index (χ2n) is 7.22. The molecule has 3 rings (SSSR count). The van der Waals surface area contributed by atoms with E-state index in [1.54, 1.807) is 28.9 Å². The van der Waals surface area contributed by atoms with E-state index >= 15 is 0 Å². The highest BCUT2D eigenvalue weighted by molar-refractivity contribution is 5.93. The van der Waals surface area contributed by atoms with Gasteiger partial charge >= 0.3 is 0 Å². The Balaban J connectivity index is 1.83. The smallest absolute Gasteiger partial charge is 0.276 e. The number of halogens is 1. The first-order valence-electron chi connectivity index (χ1n) is 9.10. The highest BCUT2D eigenvalue weighted by Gasteiger charge is 2.34. The average Bonchev–Trinajstić information content (AvgIpc) is 2.99. The fourth-order valence-electron chi connectivity index (χ4n) is 3.38. The zero-order valence-corrected chi connectivity index (χ0v) is 15.8. The van der Waals surface area contributed by atoms with E-state index in [9.17, 15) is 14.0 Å². The first-order valence-corrected chi connectivity index (χ1v) is 9.10. The van der Waals surface area contributed by atoms with Gasteiger partial charge in [-0.1, -0.05) is 26.0 Å². The summed E-state index contributed by atoms with van der Waals surface area (Å²) in [6.07, 6.45) is 1.50.